The van der Waals surface area contributed by atoms with Gasteiger partial charge in [0.15, 0.2) is 0 Å². The second kappa shape index (κ2) is 7.30. The van der Waals surface area contributed by atoms with Gasteiger partial charge in [-0.15, -0.1) is 0 Å². The Balaban J connectivity index is 2.38. The molecule has 0 heterocycles. The fourth-order valence-electron chi connectivity index (χ4n) is 1.85. The van der Waals surface area contributed by atoms with Crippen molar-refractivity contribution in [2.24, 2.45) is 0 Å². The lowest BCUT2D eigenvalue weighted by atomic mass is 10.0. The van der Waals surface area contributed by atoms with E-state index in [2.05, 4.69) is 47.8 Å². The molecule has 0 spiro atoms. The first kappa shape index (κ1) is 16.3. The van der Waals surface area contributed by atoms with E-state index in [1.807, 2.05) is 43.3 Å². The van der Waals surface area contributed by atoms with Crippen molar-refractivity contribution >= 4 is 59.4 Å². The summed E-state index contributed by atoms with van der Waals surface area (Å²) in [7, 11) is 0. The number of halogens is 4. The summed E-state index contributed by atoms with van der Waals surface area (Å²) >= 11 is 17.1. The van der Waals surface area contributed by atoms with E-state index in [1.165, 1.54) is 0 Å². The lowest BCUT2D eigenvalue weighted by Gasteiger charge is -2.16. The minimum Gasteiger partial charge on any atom is -0.494 e. The van der Waals surface area contributed by atoms with Crippen LogP contribution in [0.4, 0.5) is 0 Å². The van der Waals surface area contributed by atoms with Gasteiger partial charge in [-0.3, -0.25) is 0 Å². The molecule has 1 atom stereocenters. The maximum Gasteiger partial charge on any atom is 0.120 e. The quantitative estimate of drug-likeness (QED) is 0.438. The zero-order valence-corrected chi connectivity index (χ0v) is 16.2. The Bertz CT molecular complexity index is 616. The second-order valence-corrected chi connectivity index (χ2v) is 7.12. The Morgan fingerprint density at radius 2 is 1.85 bits per heavy atom. The molecule has 0 amide bonds. The summed E-state index contributed by atoms with van der Waals surface area (Å²) in [4.78, 5) is 0.0116. The first-order valence-electron chi connectivity index (χ1n) is 6.04. The molecule has 106 valence electrons. The standard InChI is InChI=1S/C15H12Br3ClO/c1-2-20-9-6-7-10(13(17)8-9)14(18)11-4-3-5-12(16)15(11)19/h3-8,14H,2H2,1H3. The number of hydrogen-bond donors (Lipinski definition) is 0. The van der Waals surface area contributed by atoms with Crippen LogP contribution in [0, 0.1) is 0 Å². The summed E-state index contributed by atoms with van der Waals surface area (Å²) in [6.07, 6.45) is 0. The molecule has 20 heavy (non-hydrogen) atoms. The molecular weight excluding hydrogens is 471 g/mol. The minimum atomic E-state index is 0.0116. The van der Waals surface area contributed by atoms with Crippen LogP contribution >= 0.6 is 59.4 Å². The number of benzene rings is 2. The highest BCUT2D eigenvalue weighted by molar-refractivity contribution is 9.11. The molecule has 0 saturated carbocycles. The van der Waals surface area contributed by atoms with E-state index in [4.69, 9.17) is 16.3 Å². The molecule has 1 unspecified atom stereocenters. The van der Waals surface area contributed by atoms with Crippen LogP contribution in [0.5, 0.6) is 5.75 Å². The van der Waals surface area contributed by atoms with Gasteiger partial charge in [0.25, 0.3) is 0 Å². The molecule has 0 bridgehead atoms. The monoisotopic (exact) mass is 480 g/mol. The summed E-state index contributed by atoms with van der Waals surface area (Å²) < 4.78 is 7.37. The number of hydrogen-bond acceptors (Lipinski definition) is 1. The van der Waals surface area contributed by atoms with Crippen molar-refractivity contribution in [3.8, 4) is 5.75 Å². The van der Waals surface area contributed by atoms with Crippen molar-refractivity contribution in [2.45, 2.75) is 11.8 Å². The molecule has 0 fully saturated rings. The molecular formula is C15H12Br3ClO. The fraction of sp³-hybridized carbons (Fsp3) is 0.200. The maximum absolute atomic E-state index is 6.35. The van der Waals surface area contributed by atoms with Gasteiger partial charge in [-0.1, -0.05) is 61.7 Å². The first-order chi connectivity index (χ1) is 9.54. The third-order valence-corrected chi connectivity index (χ3v) is 5.79. The van der Waals surface area contributed by atoms with Gasteiger partial charge >= 0.3 is 0 Å². The van der Waals surface area contributed by atoms with Crippen molar-refractivity contribution in [3.63, 3.8) is 0 Å². The predicted octanol–water partition coefficient (Wildman–Crippen LogP) is 6.75. The molecule has 0 radical (unpaired) electrons. The van der Waals surface area contributed by atoms with E-state index < -0.39 is 0 Å². The van der Waals surface area contributed by atoms with Crippen LogP contribution in [0.1, 0.15) is 22.9 Å². The summed E-state index contributed by atoms with van der Waals surface area (Å²) in [5, 5.41) is 0.718. The molecule has 5 heteroatoms. The van der Waals surface area contributed by atoms with E-state index in [-0.39, 0.29) is 4.83 Å². The normalized spacial score (nSPS) is 12.2. The van der Waals surface area contributed by atoms with Crippen molar-refractivity contribution < 1.29 is 4.74 Å². The molecule has 2 aromatic carbocycles. The average Bonchev–Trinajstić information content (AvgIpc) is 2.42. The number of ether oxygens (including phenoxy) is 1. The largest absolute Gasteiger partial charge is 0.494 e. The fourth-order valence-corrected chi connectivity index (χ4v) is 4.28. The smallest absolute Gasteiger partial charge is 0.120 e. The summed E-state index contributed by atoms with van der Waals surface area (Å²) in [5.41, 5.74) is 2.12. The van der Waals surface area contributed by atoms with Gasteiger partial charge in [-0.2, -0.15) is 0 Å². The Morgan fingerprint density at radius 1 is 1.10 bits per heavy atom. The Morgan fingerprint density at radius 3 is 2.50 bits per heavy atom. The van der Waals surface area contributed by atoms with Gasteiger partial charge in [-0.25, -0.2) is 0 Å². The lowest BCUT2D eigenvalue weighted by Crippen LogP contribution is -1.97. The van der Waals surface area contributed by atoms with Gasteiger partial charge in [0, 0.05) is 8.95 Å². The highest BCUT2D eigenvalue weighted by Gasteiger charge is 2.18. The molecule has 0 N–H and O–H groups in total. The second-order valence-electron chi connectivity index (χ2n) is 4.12. The topological polar surface area (TPSA) is 9.23 Å². The molecule has 0 aliphatic rings. The van der Waals surface area contributed by atoms with Crippen molar-refractivity contribution in [1.29, 1.82) is 0 Å². The van der Waals surface area contributed by atoms with Gasteiger partial charge in [-0.05, 0) is 52.2 Å². The average molecular weight is 483 g/mol. The summed E-state index contributed by atoms with van der Waals surface area (Å²) in [6.45, 7) is 2.62. The highest BCUT2D eigenvalue weighted by Crippen LogP contribution is 2.41. The van der Waals surface area contributed by atoms with Gasteiger partial charge in [0.05, 0.1) is 16.5 Å². The first-order valence-corrected chi connectivity index (χ1v) is 8.92. The minimum absolute atomic E-state index is 0.0116. The van der Waals surface area contributed by atoms with Crippen LogP contribution in [0.3, 0.4) is 0 Å². The van der Waals surface area contributed by atoms with Crippen molar-refractivity contribution in [2.75, 3.05) is 6.61 Å². The van der Waals surface area contributed by atoms with Crippen LogP contribution in [0.25, 0.3) is 0 Å². The molecule has 0 saturated heterocycles. The van der Waals surface area contributed by atoms with Crippen LogP contribution in [-0.4, -0.2) is 6.61 Å². The Labute approximate surface area is 149 Å². The van der Waals surface area contributed by atoms with E-state index in [1.54, 1.807) is 0 Å². The summed E-state index contributed by atoms with van der Waals surface area (Å²) in [5.74, 6) is 0.850. The van der Waals surface area contributed by atoms with E-state index in [0.29, 0.717) is 6.61 Å². The molecule has 0 aliphatic carbocycles. The van der Waals surface area contributed by atoms with Crippen LogP contribution < -0.4 is 4.74 Å². The molecule has 2 aromatic rings. The highest BCUT2D eigenvalue weighted by atomic mass is 79.9. The Kier molecular flexibility index (Phi) is 5.96. The molecule has 0 aromatic heterocycles. The summed E-state index contributed by atoms with van der Waals surface area (Å²) in [6, 6.07) is 11.9. The van der Waals surface area contributed by atoms with E-state index in [9.17, 15) is 0 Å². The van der Waals surface area contributed by atoms with Gasteiger partial charge in [0.2, 0.25) is 0 Å². The van der Waals surface area contributed by atoms with Crippen molar-refractivity contribution in [3.05, 3.63) is 61.5 Å². The predicted molar refractivity (Wildman–Crippen MR) is 95.2 cm³/mol. The number of alkyl halides is 1. The number of rotatable bonds is 4. The van der Waals surface area contributed by atoms with Crippen LogP contribution in [0.2, 0.25) is 5.02 Å². The van der Waals surface area contributed by atoms with Gasteiger partial charge in [0.1, 0.15) is 5.75 Å². The lowest BCUT2D eigenvalue weighted by molar-refractivity contribution is 0.340. The third-order valence-electron chi connectivity index (χ3n) is 2.81. The van der Waals surface area contributed by atoms with Crippen LogP contribution in [-0.2, 0) is 0 Å². The van der Waals surface area contributed by atoms with E-state index >= 15 is 0 Å². The molecule has 1 nitrogen and oxygen atoms in total. The Hall–Kier alpha value is -0.0300. The maximum atomic E-state index is 6.35. The third kappa shape index (κ3) is 3.59. The SMILES string of the molecule is CCOc1ccc(C(Br)c2cccc(Br)c2Cl)c(Br)c1. The van der Waals surface area contributed by atoms with Gasteiger partial charge < -0.3 is 4.74 Å². The zero-order valence-electron chi connectivity index (χ0n) is 10.7. The van der Waals surface area contributed by atoms with Crippen LogP contribution in [0.15, 0.2) is 45.3 Å². The molecule has 2 rings (SSSR count). The molecule has 0 aliphatic heterocycles. The van der Waals surface area contributed by atoms with E-state index in [0.717, 1.165) is 30.8 Å². The van der Waals surface area contributed by atoms with Crippen molar-refractivity contribution in [1.82, 2.24) is 0 Å². The zero-order chi connectivity index (χ0) is 14.7.